The Morgan fingerprint density at radius 3 is 2.40 bits per heavy atom. The van der Waals surface area contributed by atoms with Crippen LogP contribution in [-0.4, -0.2) is 29.2 Å². The predicted octanol–water partition coefficient (Wildman–Crippen LogP) is 4.16. The lowest BCUT2D eigenvalue weighted by Crippen LogP contribution is -2.41. The third kappa shape index (κ3) is 4.55. The third-order valence-electron chi connectivity index (χ3n) is 4.73. The van der Waals surface area contributed by atoms with Crippen molar-refractivity contribution in [1.29, 1.82) is 5.26 Å². The smallest absolute Gasteiger partial charge is 0.400 e. The minimum absolute atomic E-state index is 0.0454. The van der Waals surface area contributed by atoms with Crippen molar-refractivity contribution >= 4 is 30.1 Å². The summed E-state index contributed by atoms with van der Waals surface area (Å²) in [5.41, 5.74) is 2.48. The van der Waals surface area contributed by atoms with E-state index in [1.165, 1.54) is 11.8 Å². The number of carbonyl (C=O) groups is 1. The lowest BCUT2D eigenvalue weighted by Gasteiger charge is -2.32. The van der Waals surface area contributed by atoms with Crippen LogP contribution in [0.3, 0.4) is 0 Å². The number of carbonyl (C=O) groups excluding carboxylic acids is 1. The van der Waals surface area contributed by atoms with E-state index < -0.39 is 18.3 Å². The largest absolute Gasteiger partial charge is 0.491 e. The Bertz CT molecular complexity index is 734. The minimum atomic E-state index is -0.510. The molecule has 0 atom stereocenters. The summed E-state index contributed by atoms with van der Waals surface area (Å²) >= 11 is 1.23. The first-order valence-electron chi connectivity index (χ1n) is 8.26. The van der Waals surface area contributed by atoms with Crippen LogP contribution in [0.15, 0.2) is 23.7 Å². The van der Waals surface area contributed by atoms with Crippen LogP contribution < -0.4 is 0 Å². The average Bonchev–Trinajstić information content (AvgIpc) is 2.73. The number of nitriles is 1. The Morgan fingerprint density at radius 1 is 1.28 bits per heavy atom. The summed E-state index contributed by atoms with van der Waals surface area (Å²) in [7, 11) is -0.510. The Morgan fingerprint density at radius 2 is 1.88 bits per heavy atom. The van der Waals surface area contributed by atoms with Gasteiger partial charge in [0.15, 0.2) is 5.12 Å². The Labute approximate surface area is 154 Å². The number of nitrogens with zero attached hydrogens (tertiary/aromatic N) is 1. The first kappa shape index (κ1) is 19.8. The fourth-order valence-electron chi connectivity index (χ4n) is 2.42. The van der Waals surface area contributed by atoms with E-state index in [0.29, 0.717) is 11.3 Å². The number of rotatable bonds is 4. The van der Waals surface area contributed by atoms with Gasteiger partial charge in [0.25, 0.3) is 0 Å². The van der Waals surface area contributed by atoms with Crippen molar-refractivity contribution in [2.45, 2.75) is 52.7 Å². The molecule has 0 N–H and O–H groups in total. The van der Waals surface area contributed by atoms with Crippen LogP contribution in [0.2, 0.25) is 0 Å². The van der Waals surface area contributed by atoms with Crippen molar-refractivity contribution in [2.75, 3.05) is 5.75 Å². The quantitative estimate of drug-likeness (QED) is 0.758. The van der Waals surface area contributed by atoms with Crippen molar-refractivity contribution in [1.82, 2.24) is 0 Å². The molecule has 25 heavy (non-hydrogen) atoms. The van der Waals surface area contributed by atoms with Gasteiger partial charge in [0.1, 0.15) is 0 Å². The number of hydrogen-bond donors (Lipinski definition) is 0. The van der Waals surface area contributed by atoms with Crippen LogP contribution in [-0.2, 0) is 14.1 Å². The Hall–Kier alpha value is -1.55. The number of hydrogen-bond acceptors (Lipinski definition) is 5. The number of thioether (sulfide) groups is 1. The van der Waals surface area contributed by atoms with Crippen molar-refractivity contribution in [3.8, 4) is 6.07 Å². The third-order valence-corrected chi connectivity index (χ3v) is 5.62. The summed E-state index contributed by atoms with van der Waals surface area (Å²) in [5, 5.41) is 9.28. The highest BCUT2D eigenvalue weighted by Crippen LogP contribution is 2.39. The van der Waals surface area contributed by atoms with Crippen molar-refractivity contribution in [2.24, 2.45) is 0 Å². The van der Waals surface area contributed by atoms with Crippen LogP contribution in [0, 0.1) is 18.3 Å². The standard InChI is InChI=1S/C19H24BNO3S/c1-13-7-8-15(9-16(13)11-21)10-17(12-25-14(2)22)20-23-18(3,4)19(5,6)24-20/h7-10H,12H2,1-6H3. The van der Waals surface area contributed by atoms with E-state index in [1.807, 2.05) is 58.9 Å². The van der Waals surface area contributed by atoms with Gasteiger partial charge in [0.2, 0.25) is 0 Å². The van der Waals surface area contributed by atoms with Crippen LogP contribution >= 0.6 is 11.8 Å². The molecule has 1 heterocycles. The molecule has 1 fully saturated rings. The lowest BCUT2D eigenvalue weighted by atomic mass is 9.78. The summed E-state index contributed by atoms with van der Waals surface area (Å²) < 4.78 is 12.3. The summed E-state index contributed by atoms with van der Waals surface area (Å²) in [5.74, 6) is 0.488. The second-order valence-corrected chi connectivity index (χ2v) is 8.43. The molecule has 0 spiro atoms. The number of benzene rings is 1. The molecule has 2 rings (SSSR count). The second kappa shape index (κ2) is 7.37. The van der Waals surface area contributed by atoms with E-state index in [0.717, 1.165) is 16.6 Å². The highest BCUT2D eigenvalue weighted by molar-refractivity contribution is 8.13. The van der Waals surface area contributed by atoms with Gasteiger partial charge in [-0.05, 0) is 57.3 Å². The van der Waals surface area contributed by atoms with Crippen molar-refractivity contribution in [3.05, 3.63) is 40.4 Å². The molecule has 132 valence electrons. The normalized spacial score (nSPS) is 18.9. The van der Waals surface area contributed by atoms with Gasteiger partial charge in [-0.3, -0.25) is 4.79 Å². The summed E-state index contributed by atoms with van der Waals surface area (Å²) in [6.45, 7) is 11.5. The Balaban J connectivity index is 2.37. The zero-order chi connectivity index (χ0) is 18.8. The topological polar surface area (TPSA) is 59.3 Å². The SMILES string of the molecule is CC(=O)SCC(=Cc1ccc(C)c(C#N)c1)B1OC(C)(C)C(C)(C)O1. The maximum Gasteiger partial charge on any atom is 0.491 e. The van der Waals surface area contributed by atoms with Gasteiger partial charge in [-0.15, -0.1) is 0 Å². The van der Waals surface area contributed by atoms with Crippen LogP contribution in [0.25, 0.3) is 6.08 Å². The lowest BCUT2D eigenvalue weighted by molar-refractivity contribution is -0.109. The van der Waals surface area contributed by atoms with Gasteiger partial charge in [0.05, 0.1) is 22.8 Å². The average molecular weight is 357 g/mol. The molecule has 1 saturated heterocycles. The van der Waals surface area contributed by atoms with Crippen LogP contribution in [0.1, 0.15) is 51.3 Å². The van der Waals surface area contributed by atoms with Gasteiger partial charge in [-0.25, -0.2) is 0 Å². The maximum atomic E-state index is 11.4. The summed E-state index contributed by atoms with van der Waals surface area (Å²) in [6.07, 6.45) is 1.96. The van der Waals surface area contributed by atoms with E-state index in [1.54, 1.807) is 6.92 Å². The van der Waals surface area contributed by atoms with Crippen LogP contribution in [0.4, 0.5) is 0 Å². The van der Waals surface area contributed by atoms with Gasteiger partial charge in [0, 0.05) is 12.7 Å². The minimum Gasteiger partial charge on any atom is -0.400 e. The van der Waals surface area contributed by atoms with E-state index in [2.05, 4.69) is 6.07 Å². The first-order valence-corrected chi connectivity index (χ1v) is 9.24. The van der Waals surface area contributed by atoms with Crippen LogP contribution in [0.5, 0.6) is 0 Å². The molecule has 1 aliphatic heterocycles. The summed E-state index contributed by atoms with van der Waals surface area (Å²) in [6, 6.07) is 7.93. The molecule has 6 heteroatoms. The molecular formula is C19H24BNO3S. The molecule has 0 unspecified atom stereocenters. The number of aryl methyl sites for hydroxylation is 1. The van der Waals surface area contributed by atoms with Gasteiger partial charge >= 0.3 is 7.12 Å². The van der Waals surface area contributed by atoms with E-state index >= 15 is 0 Å². The zero-order valence-electron chi connectivity index (χ0n) is 15.7. The molecule has 0 amide bonds. The fraction of sp³-hybridized carbons (Fsp3) is 0.474. The molecule has 1 aliphatic rings. The van der Waals surface area contributed by atoms with E-state index in [-0.39, 0.29) is 5.12 Å². The molecule has 0 aliphatic carbocycles. The second-order valence-electron chi connectivity index (χ2n) is 7.27. The molecule has 1 aromatic carbocycles. The predicted molar refractivity (Wildman–Crippen MR) is 103 cm³/mol. The molecule has 0 bridgehead atoms. The Kier molecular flexibility index (Phi) is 5.83. The highest BCUT2D eigenvalue weighted by Gasteiger charge is 2.52. The molecule has 0 saturated carbocycles. The van der Waals surface area contributed by atoms with E-state index in [4.69, 9.17) is 9.31 Å². The van der Waals surface area contributed by atoms with Crippen molar-refractivity contribution in [3.63, 3.8) is 0 Å². The zero-order valence-corrected chi connectivity index (χ0v) is 16.5. The van der Waals surface area contributed by atoms with E-state index in [9.17, 15) is 10.1 Å². The summed E-state index contributed by atoms with van der Waals surface area (Å²) in [4.78, 5) is 11.4. The van der Waals surface area contributed by atoms with Gasteiger partial charge in [-0.1, -0.05) is 30.0 Å². The molecule has 0 aromatic heterocycles. The van der Waals surface area contributed by atoms with Crippen molar-refractivity contribution < 1.29 is 14.1 Å². The molecule has 1 aromatic rings. The fourth-order valence-corrected chi connectivity index (χ4v) is 3.01. The molecule has 0 radical (unpaired) electrons. The molecular weight excluding hydrogens is 333 g/mol. The first-order chi connectivity index (χ1) is 11.6. The molecule has 4 nitrogen and oxygen atoms in total. The monoisotopic (exact) mass is 357 g/mol. The maximum absolute atomic E-state index is 11.4. The van der Waals surface area contributed by atoms with Gasteiger partial charge in [-0.2, -0.15) is 5.26 Å². The van der Waals surface area contributed by atoms with Gasteiger partial charge < -0.3 is 9.31 Å². The highest BCUT2D eigenvalue weighted by atomic mass is 32.2.